The van der Waals surface area contributed by atoms with Gasteiger partial charge in [0.2, 0.25) is 5.91 Å². The Labute approximate surface area is 196 Å². The fourth-order valence-corrected chi connectivity index (χ4v) is 4.10. The quantitative estimate of drug-likeness (QED) is 0.424. The number of hydrogen-bond acceptors (Lipinski definition) is 4. The molecule has 2 atom stereocenters. The molecule has 9 heteroatoms. The minimum atomic E-state index is -2.97. The van der Waals surface area contributed by atoms with E-state index in [4.69, 9.17) is 9.84 Å². The summed E-state index contributed by atoms with van der Waals surface area (Å²) in [6.45, 7) is 2.00. The van der Waals surface area contributed by atoms with Gasteiger partial charge in [-0.3, -0.25) is 9.59 Å². The molecule has 0 radical (unpaired) electrons. The maximum Gasteiger partial charge on any atom is 0.407 e. The zero-order valence-electron chi connectivity index (χ0n) is 18.8. The molecule has 3 rings (SSSR count). The largest absolute Gasteiger partial charge is 0.481 e. The van der Waals surface area contributed by atoms with Crippen molar-refractivity contribution in [3.05, 3.63) is 59.7 Å². The molecular weight excluding hydrogens is 446 g/mol. The molecule has 0 spiro atoms. The number of rotatable bonds is 11. The number of nitrogens with one attached hydrogen (secondary N) is 2. The van der Waals surface area contributed by atoms with Crippen LogP contribution in [0.1, 0.15) is 43.2 Å². The Balaban J connectivity index is 1.41. The van der Waals surface area contributed by atoms with Gasteiger partial charge in [-0.25, -0.2) is 13.6 Å². The molecule has 2 aromatic carbocycles. The standard InChI is InChI=1S/C25H28F2N2O5/c1-15(24(32)29-21(23(26)27)13-22(30)31)7-6-12-28-25(33)34-14-20-18-10-4-2-8-16(18)17-9-3-5-11-19(17)20/h2-5,8-11,15,20-21,23H,6-7,12-14H2,1H3,(H,28,33)(H,29,32)(H,30,31). The number of benzene rings is 2. The molecule has 182 valence electrons. The van der Waals surface area contributed by atoms with E-state index in [1.54, 1.807) is 6.92 Å². The van der Waals surface area contributed by atoms with E-state index >= 15 is 0 Å². The third-order valence-corrected chi connectivity index (χ3v) is 5.90. The van der Waals surface area contributed by atoms with E-state index in [1.165, 1.54) is 0 Å². The fraction of sp³-hybridized carbons (Fsp3) is 0.400. The Hall–Kier alpha value is -3.49. The van der Waals surface area contributed by atoms with Gasteiger partial charge >= 0.3 is 12.1 Å². The number of halogens is 2. The molecule has 3 N–H and O–H groups in total. The Kier molecular flexibility index (Phi) is 8.56. The highest BCUT2D eigenvalue weighted by Gasteiger charge is 2.29. The van der Waals surface area contributed by atoms with Crippen molar-refractivity contribution in [3.8, 4) is 11.1 Å². The van der Waals surface area contributed by atoms with Gasteiger partial charge in [-0.1, -0.05) is 55.5 Å². The van der Waals surface area contributed by atoms with E-state index in [9.17, 15) is 23.2 Å². The lowest BCUT2D eigenvalue weighted by Gasteiger charge is -2.19. The molecule has 0 saturated carbocycles. The van der Waals surface area contributed by atoms with Crippen LogP contribution in [0, 0.1) is 5.92 Å². The topological polar surface area (TPSA) is 105 Å². The van der Waals surface area contributed by atoms with Crippen molar-refractivity contribution in [1.82, 2.24) is 10.6 Å². The van der Waals surface area contributed by atoms with Crippen LogP contribution in [0.3, 0.4) is 0 Å². The number of carbonyl (C=O) groups is 3. The first-order valence-electron chi connectivity index (χ1n) is 11.2. The number of alkyl halides is 2. The van der Waals surface area contributed by atoms with Crippen molar-refractivity contribution in [2.24, 2.45) is 5.92 Å². The lowest BCUT2D eigenvalue weighted by Crippen LogP contribution is -2.43. The highest BCUT2D eigenvalue weighted by molar-refractivity contribution is 5.80. The normalized spacial score (nSPS) is 14.1. The van der Waals surface area contributed by atoms with Crippen LogP contribution in [0.25, 0.3) is 11.1 Å². The van der Waals surface area contributed by atoms with E-state index < -0.39 is 42.8 Å². The second-order valence-electron chi connectivity index (χ2n) is 8.34. The second-order valence-corrected chi connectivity index (χ2v) is 8.34. The number of carboxylic acid groups (broad SMARTS) is 1. The van der Waals surface area contributed by atoms with Gasteiger partial charge in [0.15, 0.2) is 0 Å². The van der Waals surface area contributed by atoms with Crippen LogP contribution in [0.15, 0.2) is 48.5 Å². The fourth-order valence-electron chi connectivity index (χ4n) is 4.10. The summed E-state index contributed by atoms with van der Waals surface area (Å²) in [5.74, 6) is -2.71. The number of aliphatic carboxylic acids is 1. The first kappa shape index (κ1) is 25.1. The minimum Gasteiger partial charge on any atom is -0.481 e. The van der Waals surface area contributed by atoms with Crippen molar-refractivity contribution >= 4 is 18.0 Å². The van der Waals surface area contributed by atoms with Crippen LogP contribution in [0.4, 0.5) is 13.6 Å². The third-order valence-electron chi connectivity index (χ3n) is 5.90. The highest BCUT2D eigenvalue weighted by atomic mass is 19.3. The number of carboxylic acids is 1. The number of amides is 2. The molecule has 2 amide bonds. The number of hydrogen-bond donors (Lipinski definition) is 3. The summed E-state index contributed by atoms with van der Waals surface area (Å²) in [5.41, 5.74) is 4.50. The molecule has 0 heterocycles. The lowest BCUT2D eigenvalue weighted by atomic mass is 9.98. The van der Waals surface area contributed by atoms with Crippen LogP contribution >= 0.6 is 0 Å². The molecule has 2 aromatic rings. The minimum absolute atomic E-state index is 0.0459. The molecule has 0 aliphatic heterocycles. The monoisotopic (exact) mass is 474 g/mol. The summed E-state index contributed by atoms with van der Waals surface area (Å²) >= 11 is 0. The van der Waals surface area contributed by atoms with Gasteiger partial charge in [-0.2, -0.15) is 0 Å². The SMILES string of the molecule is CC(CCCNC(=O)OCC1c2ccccc2-c2ccccc21)C(=O)NC(CC(=O)O)C(F)F. The molecule has 0 fully saturated rings. The van der Waals surface area contributed by atoms with Gasteiger partial charge < -0.3 is 20.5 Å². The lowest BCUT2D eigenvalue weighted by molar-refractivity contribution is -0.139. The molecule has 34 heavy (non-hydrogen) atoms. The average molecular weight is 475 g/mol. The van der Waals surface area contributed by atoms with E-state index in [-0.39, 0.29) is 19.1 Å². The van der Waals surface area contributed by atoms with Crippen LogP contribution in [-0.2, 0) is 14.3 Å². The van der Waals surface area contributed by atoms with Crippen LogP contribution in [0.5, 0.6) is 0 Å². The molecule has 0 aromatic heterocycles. The molecule has 0 bridgehead atoms. The molecule has 0 saturated heterocycles. The number of carbonyl (C=O) groups excluding carboxylic acids is 2. The van der Waals surface area contributed by atoms with Crippen LogP contribution in [0.2, 0.25) is 0 Å². The highest BCUT2D eigenvalue weighted by Crippen LogP contribution is 2.44. The van der Waals surface area contributed by atoms with E-state index in [0.29, 0.717) is 12.8 Å². The van der Waals surface area contributed by atoms with Crippen molar-refractivity contribution in [2.45, 2.75) is 44.6 Å². The Morgan fingerprint density at radius 1 is 1.03 bits per heavy atom. The van der Waals surface area contributed by atoms with E-state index in [2.05, 4.69) is 22.8 Å². The Bertz CT molecular complexity index is 984. The first-order valence-corrected chi connectivity index (χ1v) is 11.2. The van der Waals surface area contributed by atoms with E-state index in [0.717, 1.165) is 22.3 Å². The van der Waals surface area contributed by atoms with Gasteiger partial charge in [-0.05, 0) is 35.1 Å². The molecule has 1 aliphatic rings. The second kappa shape index (κ2) is 11.6. The summed E-state index contributed by atoms with van der Waals surface area (Å²) < 4.78 is 31.2. The summed E-state index contributed by atoms with van der Waals surface area (Å²) in [6, 6.07) is 14.3. The van der Waals surface area contributed by atoms with Crippen LogP contribution < -0.4 is 10.6 Å². The third kappa shape index (κ3) is 6.30. The van der Waals surface area contributed by atoms with Crippen molar-refractivity contribution < 1.29 is 33.0 Å². The summed E-state index contributed by atoms with van der Waals surface area (Å²) in [4.78, 5) is 34.9. The number of fused-ring (bicyclic) bond motifs is 3. The van der Waals surface area contributed by atoms with E-state index in [1.807, 2.05) is 36.4 Å². The summed E-state index contributed by atoms with van der Waals surface area (Å²) in [5, 5.41) is 13.4. The predicted molar refractivity (Wildman–Crippen MR) is 122 cm³/mol. The van der Waals surface area contributed by atoms with Gasteiger partial charge in [-0.15, -0.1) is 0 Å². The van der Waals surface area contributed by atoms with Crippen molar-refractivity contribution in [3.63, 3.8) is 0 Å². The molecular formula is C25H28F2N2O5. The molecule has 2 unspecified atom stereocenters. The average Bonchev–Trinajstić information content (AvgIpc) is 3.13. The smallest absolute Gasteiger partial charge is 0.407 e. The maximum absolute atomic E-state index is 12.9. The van der Waals surface area contributed by atoms with Gasteiger partial charge in [0.1, 0.15) is 12.6 Å². The van der Waals surface area contributed by atoms with Crippen LogP contribution in [-0.4, -0.2) is 48.7 Å². The first-order chi connectivity index (χ1) is 16.3. The maximum atomic E-state index is 12.9. The Morgan fingerprint density at radius 3 is 2.18 bits per heavy atom. The summed E-state index contributed by atoms with van der Waals surface area (Å²) in [6.07, 6.45) is -3.63. The molecule has 7 nitrogen and oxygen atoms in total. The zero-order chi connectivity index (χ0) is 24.7. The molecule has 1 aliphatic carbocycles. The number of alkyl carbamates (subject to hydrolysis) is 1. The van der Waals surface area contributed by atoms with Gasteiger partial charge in [0.05, 0.1) is 6.42 Å². The van der Waals surface area contributed by atoms with Gasteiger partial charge in [0, 0.05) is 18.4 Å². The van der Waals surface area contributed by atoms with Gasteiger partial charge in [0.25, 0.3) is 6.43 Å². The summed E-state index contributed by atoms with van der Waals surface area (Å²) in [7, 11) is 0. The zero-order valence-corrected chi connectivity index (χ0v) is 18.8. The Morgan fingerprint density at radius 2 is 1.62 bits per heavy atom. The predicted octanol–water partition coefficient (Wildman–Crippen LogP) is 4.17. The van der Waals surface area contributed by atoms with Crippen molar-refractivity contribution in [2.75, 3.05) is 13.2 Å². The number of ether oxygens (including phenoxy) is 1. The van der Waals surface area contributed by atoms with Crippen molar-refractivity contribution in [1.29, 1.82) is 0 Å².